The van der Waals surface area contributed by atoms with Crippen molar-refractivity contribution in [2.24, 2.45) is 0 Å². The van der Waals surface area contributed by atoms with Crippen molar-refractivity contribution in [3.63, 3.8) is 0 Å². The first kappa shape index (κ1) is 19.1. The van der Waals surface area contributed by atoms with Crippen molar-refractivity contribution >= 4 is 23.7 Å². The van der Waals surface area contributed by atoms with Crippen molar-refractivity contribution in [2.45, 2.75) is 33.1 Å². The minimum atomic E-state index is -0.208. The molecule has 5 nitrogen and oxygen atoms in total. The highest BCUT2D eigenvalue weighted by molar-refractivity contribution is 7.97. The number of ether oxygens (including phenoxy) is 1. The number of carbonyl (C=O) groups is 1. The third kappa shape index (κ3) is 4.45. The lowest BCUT2D eigenvalue weighted by Gasteiger charge is -2.16. The van der Waals surface area contributed by atoms with Gasteiger partial charge in [-0.25, -0.2) is 9.78 Å². The van der Waals surface area contributed by atoms with Crippen molar-refractivity contribution in [1.82, 2.24) is 9.71 Å². The molecule has 2 amide bonds. The SMILES string of the molecule is CC.COc1cc(-c2ccc3c(c2NC(=O)NSC)CCC3)ccn1. The Morgan fingerprint density at radius 3 is 2.76 bits per heavy atom. The van der Waals surface area contributed by atoms with E-state index < -0.39 is 0 Å². The van der Waals surface area contributed by atoms with Crippen LogP contribution in [0, 0.1) is 0 Å². The number of hydrogen-bond acceptors (Lipinski definition) is 4. The molecule has 1 aromatic heterocycles. The molecule has 134 valence electrons. The summed E-state index contributed by atoms with van der Waals surface area (Å²) in [6.45, 7) is 4.00. The Morgan fingerprint density at radius 2 is 2.04 bits per heavy atom. The van der Waals surface area contributed by atoms with Crippen LogP contribution in [-0.4, -0.2) is 24.4 Å². The Bertz CT molecular complexity index is 735. The Kier molecular flexibility index (Phi) is 7.13. The molecular weight excluding hydrogens is 334 g/mol. The number of carbonyl (C=O) groups excluding carboxylic acids is 1. The van der Waals surface area contributed by atoms with Gasteiger partial charge in [-0.2, -0.15) is 0 Å². The number of nitrogens with one attached hydrogen (secondary N) is 2. The minimum absolute atomic E-state index is 0.208. The highest BCUT2D eigenvalue weighted by Gasteiger charge is 2.20. The number of rotatable bonds is 4. The Hall–Kier alpha value is -2.21. The Balaban J connectivity index is 0.00000109. The van der Waals surface area contributed by atoms with E-state index in [0.717, 1.165) is 36.1 Å². The maximum atomic E-state index is 12.0. The maximum Gasteiger partial charge on any atom is 0.329 e. The van der Waals surface area contributed by atoms with E-state index in [1.165, 1.54) is 23.1 Å². The fraction of sp³-hybridized carbons (Fsp3) is 0.368. The van der Waals surface area contributed by atoms with Crippen molar-refractivity contribution in [3.8, 4) is 17.0 Å². The molecule has 2 N–H and O–H groups in total. The van der Waals surface area contributed by atoms with Gasteiger partial charge in [0.05, 0.1) is 12.8 Å². The average Bonchev–Trinajstić information content (AvgIpc) is 3.13. The van der Waals surface area contributed by atoms with E-state index >= 15 is 0 Å². The predicted molar refractivity (Wildman–Crippen MR) is 105 cm³/mol. The van der Waals surface area contributed by atoms with E-state index in [1.54, 1.807) is 13.3 Å². The van der Waals surface area contributed by atoms with Gasteiger partial charge in [0, 0.05) is 24.1 Å². The molecule has 0 bridgehead atoms. The molecule has 6 heteroatoms. The molecule has 0 radical (unpaired) electrons. The van der Waals surface area contributed by atoms with Gasteiger partial charge in [0.2, 0.25) is 5.88 Å². The normalized spacial score (nSPS) is 11.8. The fourth-order valence-electron chi connectivity index (χ4n) is 2.97. The van der Waals surface area contributed by atoms with Crippen LogP contribution in [0.5, 0.6) is 5.88 Å². The molecule has 1 aliphatic rings. The van der Waals surface area contributed by atoms with E-state index in [1.807, 2.05) is 32.2 Å². The molecule has 3 rings (SSSR count). The molecule has 1 aromatic carbocycles. The van der Waals surface area contributed by atoms with E-state index in [0.29, 0.717) is 5.88 Å². The van der Waals surface area contributed by atoms with Gasteiger partial charge in [-0.15, -0.1) is 0 Å². The second-order valence-electron chi connectivity index (χ2n) is 5.33. The summed E-state index contributed by atoms with van der Waals surface area (Å²) >= 11 is 1.28. The summed E-state index contributed by atoms with van der Waals surface area (Å²) in [5, 5.41) is 3.02. The molecule has 0 spiro atoms. The zero-order valence-corrected chi connectivity index (χ0v) is 16.0. The molecule has 0 aliphatic heterocycles. The monoisotopic (exact) mass is 359 g/mol. The Labute approximate surface area is 153 Å². The Morgan fingerprint density at radius 1 is 1.24 bits per heavy atom. The first-order chi connectivity index (χ1) is 12.2. The van der Waals surface area contributed by atoms with Crippen molar-refractivity contribution in [1.29, 1.82) is 0 Å². The van der Waals surface area contributed by atoms with Gasteiger partial charge in [0.15, 0.2) is 0 Å². The van der Waals surface area contributed by atoms with Crippen LogP contribution in [-0.2, 0) is 12.8 Å². The molecule has 0 saturated heterocycles. The van der Waals surface area contributed by atoms with Crippen LogP contribution in [0.1, 0.15) is 31.4 Å². The molecule has 2 aromatic rings. The van der Waals surface area contributed by atoms with Gasteiger partial charge in [0.25, 0.3) is 0 Å². The number of urea groups is 1. The molecule has 0 saturated carbocycles. The number of methoxy groups -OCH3 is 1. The first-order valence-electron chi connectivity index (χ1n) is 8.48. The zero-order valence-electron chi connectivity index (χ0n) is 15.2. The van der Waals surface area contributed by atoms with E-state index in [9.17, 15) is 4.79 Å². The molecule has 0 fully saturated rings. The fourth-order valence-corrected chi connectivity index (χ4v) is 3.21. The van der Waals surface area contributed by atoms with Crippen LogP contribution in [0.25, 0.3) is 11.1 Å². The summed E-state index contributed by atoms with van der Waals surface area (Å²) in [5.74, 6) is 0.558. The molecule has 1 heterocycles. The number of anilines is 1. The third-order valence-electron chi connectivity index (χ3n) is 3.97. The van der Waals surface area contributed by atoms with Crippen LogP contribution in [0.2, 0.25) is 0 Å². The summed E-state index contributed by atoms with van der Waals surface area (Å²) < 4.78 is 7.93. The number of nitrogens with zero attached hydrogens (tertiary/aromatic N) is 1. The van der Waals surface area contributed by atoms with E-state index in [4.69, 9.17) is 4.74 Å². The zero-order chi connectivity index (χ0) is 18.2. The average molecular weight is 359 g/mol. The molecule has 0 atom stereocenters. The topological polar surface area (TPSA) is 63.2 Å². The lowest BCUT2D eigenvalue weighted by Crippen LogP contribution is -2.23. The third-order valence-corrected chi connectivity index (χ3v) is 4.36. The number of fused-ring (bicyclic) bond motifs is 1. The van der Waals surface area contributed by atoms with Crippen LogP contribution >= 0.6 is 11.9 Å². The summed E-state index contributed by atoms with van der Waals surface area (Å²) in [6, 6.07) is 7.82. The quantitative estimate of drug-likeness (QED) is 0.779. The highest BCUT2D eigenvalue weighted by atomic mass is 32.2. The van der Waals surface area contributed by atoms with Gasteiger partial charge in [-0.1, -0.05) is 37.9 Å². The number of hydrogen-bond donors (Lipinski definition) is 2. The number of aryl methyl sites for hydroxylation is 1. The van der Waals surface area contributed by atoms with Gasteiger partial charge >= 0.3 is 6.03 Å². The van der Waals surface area contributed by atoms with Gasteiger partial charge in [-0.05, 0) is 42.0 Å². The first-order valence-corrected chi connectivity index (χ1v) is 9.70. The summed E-state index contributed by atoms with van der Waals surface area (Å²) in [4.78, 5) is 16.2. The van der Waals surface area contributed by atoms with Crippen molar-refractivity contribution in [2.75, 3.05) is 18.7 Å². The lowest BCUT2D eigenvalue weighted by molar-refractivity contribution is 0.257. The smallest absolute Gasteiger partial charge is 0.329 e. The minimum Gasteiger partial charge on any atom is -0.481 e. The molecule has 0 unspecified atom stereocenters. The largest absolute Gasteiger partial charge is 0.481 e. The molecular formula is C19H25N3O2S. The lowest BCUT2D eigenvalue weighted by atomic mass is 9.98. The van der Waals surface area contributed by atoms with Crippen LogP contribution in [0.4, 0.5) is 10.5 Å². The van der Waals surface area contributed by atoms with E-state index in [2.05, 4.69) is 27.2 Å². The van der Waals surface area contributed by atoms with Crippen LogP contribution in [0.3, 0.4) is 0 Å². The number of amides is 2. The summed E-state index contributed by atoms with van der Waals surface area (Å²) in [5.41, 5.74) is 5.40. The maximum absolute atomic E-state index is 12.0. The van der Waals surface area contributed by atoms with Crippen LogP contribution < -0.4 is 14.8 Å². The van der Waals surface area contributed by atoms with Gasteiger partial charge in [-0.3, -0.25) is 4.72 Å². The predicted octanol–water partition coefficient (Wildman–Crippen LogP) is 4.67. The number of benzene rings is 1. The van der Waals surface area contributed by atoms with Crippen molar-refractivity contribution in [3.05, 3.63) is 41.6 Å². The van der Waals surface area contributed by atoms with E-state index in [-0.39, 0.29) is 6.03 Å². The molecule has 1 aliphatic carbocycles. The summed E-state index contributed by atoms with van der Waals surface area (Å²) in [7, 11) is 1.60. The second-order valence-corrected chi connectivity index (χ2v) is 5.94. The van der Waals surface area contributed by atoms with Crippen LogP contribution in [0.15, 0.2) is 30.5 Å². The second kappa shape index (κ2) is 9.32. The summed E-state index contributed by atoms with van der Waals surface area (Å²) in [6.07, 6.45) is 6.71. The van der Waals surface area contributed by atoms with Gasteiger partial charge < -0.3 is 10.1 Å². The van der Waals surface area contributed by atoms with Gasteiger partial charge in [0.1, 0.15) is 0 Å². The standard InChI is InChI=1S/C17H19N3O2S.C2H6/c1-22-15-10-12(8-9-18-15)14-7-6-11-4-3-5-13(11)16(14)19-17(21)20-23-2;1-2/h6-10H,3-5H2,1-2H3,(H2,19,20,21);1-2H3. The number of pyridine rings is 1. The number of aromatic nitrogens is 1. The van der Waals surface area contributed by atoms with Crippen molar-refractivity contribution < 1.29 is 9.53 Å². The molecule has 25 heavy (non-hydrogen) atoms. The highest BCUT2D eigenvalue weighted by Crippen LogP contribution is 2.38.